The summed E-state index contributed by atoms with van der Waals surface area (Å²) in [7, 11) is 2.18. The maximum Gasteiger partial charge on any atom is 0.0393 e. The van der Waals surface area contributed by atoms with Crippen LogP contribution in [0.25, 0.3) is 0 Å². The molecule has 0 saturated heterocycles. The molecule has 0 bridgehead atoms. The van der Waals surface area contributed by atoms with Crippen LogP contribution >= 0.6 is 0 Å². The van der Waals surface area contributed by atoms with Crippen LogP contribution in [0, 0.1) is 6.92 Å². The van der Waals surface area contributed by atoms with E-state index in [2.05, 4.69) is 50.9 Å². The fourth-order valence-electron chi connectivity index (χ4n) is 2.24. The maximum absolute atomic E-state index is 6.01. The van der Waals surface area contributed by atoms with Gasteiger partial charge in [0.2, 0.25) is 0 Å². The van der Waals surface area contributed by atoms with Crippen molar-refractivity contribution < 1.29 is 0 Å². The van der Waals surface area contributed by atoms with Gasteiger partial charge < -0.3 is 10.6 Å². The normalized spacial score (nSPS) is 12.5. The van der Waals surface area contributed by atoms with Crippen LogP contribution in [-0.4, -0.2) is 19.6 Å². The third-order valence-electron chi connectivity index (χ3n) is 3.54. The van der Waals surface area contributed by atoms with E-state index in [1.165, 1.54) is 29.7 Å². The van der Waals surface area contributed by atoms with Crippen molar-refractivity contribution in [2.45, 2.75) is 52.5 Å². The van der Waals surface area contributed by atoms with Crippen molar-refractivity contribution in [3.63, 3.8) is 0 Å². The van der Waals surface area contributed by atoms with E-state index in [0.29, 0.717) is 0 Å². The second-order valence-electron chi connectivity index (χ2n) is 5.27. The fourth-order valence-corrected chi connectivity index (χ4v) is 2.24. The number of anilines is 1. The fraction of sp³-hybridized carbons (Fsp3) is 0.625. The molecule has 1 unspecified atom stereocenters. The van der Waals surface area contributed by atoms with Gasteiger partial charge in [-0.1, -0.05) is 32.4 Å². The molecule has 0 fully saturated rings. The topological polar surface area (TPSA) is 29.3 Å². The number of nitrogens with zero attached hydrogens (tertiary/aromatic N) is 1. The highest BCUT2D eigenvalue weighted by molar-refractivity contribution is 5.54. The van der Waals surface area contributed by atoms with Crippen LogP contribution in [0.15, 0.2) is 18.2 Å². The van der Waals surface area contributed by atoms with Gasteiger partial charge in [-0.3, -0.25) is 0 Å². The summed E-state index contributed by atoms with van der Waals surface area (Å²) in [6, 6.07) is 7.03. The molecular formula is C16H28N2. The number of aryl methyl sites for hydroxylation is 1. The van der Waals surface area contributed by atoms with Crippen LogP contribution in [0.3, 0.4) is 0 Å². The highest BCUT2D eigenvalue weighted by atomic mass is 15.1. The second-order valence-corrected chi connectivity index (χ2v) is 5.27. The third-order valence-corrected chi connectivity index (χ3v) is 3.54. The van der Waals surface area contributed by atoms with Crippen molar-refractivity contribution in [2.75, 3.05) is 18.5 Å². The number of nitrogens with two attached hydrogens (primary N) is 1. The van der Waals surface area contributed by atoms with E-state index in [1.807, 2.05) is 0 Å². The monoisotopic (exact) mass is 248 g/mol. The van der Waals surface area contributed by atoms with E-state index in [1.54, 1.807) is 0 Å². The SMILES string of the molecule is CCCCN(C)c1ccc(CC(N)CC)cc1C. The standard InChI is InChI=1S/C16H28N2/c1-5-7-10-18(4)16-9-8-14(11-13(16)3)12-15(17)6-2/h8-9,11,15H,5-7,10,12,17H2,1-4H3. The zero-order valence-electron chi connectivity index (χ0n) is 12.4. The van der Waals surface area contributed by atoms with Crippen molar-refractivity contribution in [3.05, 3.63) is 29.3 Å². The molecule has 0 saturated carbocycles. The van der Waals surface area contributed by atoms with E-state index in [9.17, 15) is 0 Å². The van der Waals surface area contributed by atoms with Gasteiger partial charge in [0, 0.05) is 25.3 Å². The number of hydrogen-bond acceptors (Lipinski definition) is 2. The van der Waals surface area contributed by atoms with Crippen LogP contribution in [0.4, 0.5) is 5.69 Å². The van der Waals surface area contributed by atoms with Crippen LogP contribution in [-0.2, 0) is 6.42 Å². The lowest BCUT2D eigenvalue weighted by molar-refractivity contribution is 0.646. The highest BCUT2D eigenvalue weighted by Gasteiger charge is 2.07. The smallest absolute Gasteiger partial charge is 0.0393 e. The van der Waals surface area contributed by atoms with E-state index in [-0.39, 0.29) is 6.04 Å². The zero-order chi connectivity index (χ0) is 13.5. The van der Waals surface area contributed by atoms with Gasteiger partial charge in [-0.15, -0.1) is 0 Å². The third kappa shape index (κ3) is 4.34. The van der Waals surface area contributed by atoms with Crippen LogP contribution in [0.2, 0.25) is 0 Å². The summed E-state index contributed by atoms with van der Waals surface area (Å²) >= 11 is 0. The minimum absolute atomic E-state index is 0.285. The Hall–Kier alpha value is -1.02. The number of benzene rings is 1. The Kier molecular flexibility index (Phi) is 6.20. The summed E-state index contributed by atoms with van der Waals surface area (Å²) in [6.07, 6.45) is 4.51. The summed E-state index contributed by atoms with van der Waals surface area (Å²) < 4.78 is 0. The molecule has 2 nitrogen and oxygen atoms in total. The molecule has 1 rings (SSSR count). The molecule has 0 aromatic heterocycles. The van der Waals surface area contributed by atoms with Crippen LogP contribution < -0.4 is 10.6 Å². The van der Waals surface area contributed by atoms with Crippen molar-refractivity contribution in [3.8, 4) is 0 Å². The predicted molar refractivity (Wildman–Crippen MR) is 81.3 cm³/mol. The summed E-state index contributed by atoms with van der Waals surface area (Å²) in [6.45, 7) is 7.70. The zero-order valence-corrected chi connectivity index (χ0v) is 12.4. The van der Waals surface area contributed by atoms with Crippen molar-refractivity contribution in [1.82, 2.24) is 0 Å². The molecule has 0 aliphatic carbocycles. The van der Waals surface area contributed by atoms with Crippen molar-refractivity contribution in [1.29, 1.82) is 0 Å². The van der Waals surface area contributed by atoms with Gasteiger partial charge in [0.15, 0.2) is 0 Å². The van der Waals surface area contributed by atoms with Crippen LogP contribution in [0.1, 0.15) is 44.2 Å². The lowest BCUT2D eigenvalue weighted by Crippen LogP contribution is -2.22. The van der Waals surface area contributed by atoms with E-state index in [0.717, 1.165) is 19.4 Å². The highest BCUT2D eigenvalue weighted by Crippen LogP contribution is 2.21. The Bertz CT molecular complexity index is 360. The Morgan fingerprint density at radius 3 is 2.56 bits per heavy atom. The minimum atomic E-state index is 0.285. The Labute approximate surface area is 112 Å². The Morgan fingerprint density at radius 2 is 2.00 bits per heavy atom. The first-order valence-electron chi connectivity index (χ1n) is 7.14. The maximum atomic E-state index is 6.01. The number of rotatable bonds is 7. The van der Waals surface area contributed by atoms with E-state index < -0.39 is 0 Å². The number of unbranched alkanes of at least 4 members (excludes halogenated alkanes) is 1. The quantitative estimate of drug-likeness (QED) is 0.800. The molecule has 0 spiro atoms. The molecule has 2 N–H and O–H groups in total. The average Bonchev–Trinajstić information content (AvgIpc) is 2.36. The molecule has 2 heteroatoms. The first kappa shape index (κ1) is 15.0. The van der Waals surface area contributed by atoms with Gasteiger partial charge in [-0.25, -0.2) is 0 Å². The molecule has 0 heterocycles. The molecule has 0 radical (unpaired) electrons. The largest absolute Gasteiger partial charge is 0.374 e. The molecule has 18 heavy (non-hydrogen) atoms. The van der Waals surface area contributed by atoms with Gasteiger partial charge in [0.05, 0.1) is 0 Å². The minimum Gasteiger partial charge on any atom is -0.374 e. The molecule has 0 aliphatic rings. The predicted octanol–water partition coefficient (Wildman–Crippen LogP) is 3.51. The van der Waals surface area contributed by atoms with Crippen molar-refractivity contribution in [2.24, 2.45) is 5.73 Å². The Balaban J connectivity index is 2.72. The van der Waals surface area contributed by atoms with Gasteiger partial charge in [-0.05, 0) is 43.4 Å². The lowest BCUT2D eigenvalue weighted by atomic mass is 10.0. The molecule has 102 valence electrons. The molecule has 1 atom stereocenters. The lowest BCUT2D eigenvalue weighted by Gasteiger charge is -2.22. The van der Waals surface area contributed by atoms with Gasteiger partial charge in [0.1, 0.15) is 0 Å². The Morgan fingerprint density at radius 1 is 1.28 bits per heavy atom. The summed E-state index contributed by atoms with van der Waals surface area (Å²) in [4.78, 5) is 2.35. The first-order valence-corrected chi connectivity index (χ1v) is 7.14. The van der Waals surface area contributed by atoms with E-state index in [4.69, 9.17) is 5.73 Å². The molecule has 1 aromatic carbocycles. The second kappa shape index (κ2) is 7.42. The van der Waals surface area contributed by atoms with Gasteiger partial charge in [0.25, 0.3) is 0 Å². The summed E-state index contributed by atoms with van der Waals surface area (Å²) in [5.74, 6) is 0. The molecule has 0 amide bonds. The van der Waals surface area contributed by atoms with Crippen molar-refractivity contribution >= 4 is 5.69 Å². The van der Waals surface area contributed by atoms with Gasteiger partial charge >= 0.3 is 0 Å². The average molecular weight is 248 g/mol. The van der Waals surface area contributed by atoms with Crippen LogP contribution in [0.5, 0.6) is 0 Å². The first-order chi connectivity index (χ1) is 8.58. The summed E-state index contributed by atoms with van der Waals surface area (Å²) in [5.41, 5.74) is 10.1. The van der Waals surface area contributed by atoms with Gasteiger partial charge in [-0.2, -0.15) is 0 Å². The molecular weight excluding hydrogens is 220 g/mol. The molecule has 0 aliphatic heterocycles. The summed E-state index contributed by atoms with van der Waals surface area (Å²) in [5, 5.41) is 0. The number of hydrogen-bond donors (Lipinski definition) is 1. The molecule has 1 aromatic rings. The van der Waals surface area contributed by atoms with E-state index >= 15 is 0 Å².